The highest BCUT2D eigenvalue weighted by Gasteiger charge is 2.14. The lowest BCUT2D eigenvalue weighted by atomic mass is 10.1. The summed E-state index contributed by atoms with van der Waals surface area (Å²) in [5, 5.41) is -0.0262. The normalized spacial score (nSPS) is 14.2. The Morgan fingerprint density at radius 1 is 0.750 bits per heavy atom. The fourth-order valence-electron chi connectivity index (χ4n) is 2.16. The fraction of sp³-hybridized carbons (Fsp3) is 0.294. The van der Waals surface area contributed by atoms with E-state index in [0.717, 1.165) is 24.2 Å². The highest BCUT2D eigenvalue weighted by atomic mass is 35.5. The molecule has 2 atom stereocenters. The van der Waals surface area contributed by atoms with Crippen LogP contribution in [-0.4, -0.2) is 25.0 Å². The predicted octanol–water partition coefficient (Wildman–Crippen LogP) is 4.88. The van der Waals surface area contributed by atoms with E-state index in [1.807, 2.05) is 36.4 Å². The number of hydrogen-bond donors (Lipinski definition) is 0. The standard InChI is InChI=1S/C17H19Cl2N/c1-20(12-16(18)14-8-4-2-5-9-14)13-17(19)15-10-6-3-7-11-15/h2-11,16-17H,12-13H2,1H3/t16-,17-/m1/s1. The minimum absolute atomic E-state index is 0.0131. The van der Waals surface area contributed by atoms with E-state index < -0.39 is 0 Å². The van der Waals surface area contributed by atoms with Crippen LogP contribution in [0, 0.1) is 0 Å². The van der Waals surface area contributed by atoms with Crippen LogP contribution in [-0.2, 0) is 0 Å². The summed E-state index contributed by atoms with van der Waals surface area (Å²) in [5.74, 6) is 0. The Labute approximate surface area is 131 Å². The van der Waals surface area contributed by atoms with Crippen molar-refractivity contribution in [3.63, 3.8) is 0 Å². The van der Waals surface area contributed by atoms with E-state index in [4.69, 9.17) is 23.2 Å². The molecule has 0 unspecified atom stereocenters. The molecule has 2 rings (SSSR count). The summed E-state index contributed by atoms with van der Waals surface area (Å²) in [5.41, 5.74) is 2.29. The molecule has 0 spiro atoms. The molecule has 0 saturated carbocycles. The van der Waals surface area contributed by atoms with Gasteiger partial charge in [-0.15, -0.1) is 23.2 Å². The van der Waals surface area contributed by atoms with Gasteiger partial charge < -0.3 is 4.90 Å². The largest absolute Gasteiger partial charge is 0.303 e. The maximum absolute atomic E-state index is 6.45. The van der Waals surface area contributed by atoms with Gasteiger partial charge >= 0.3 is 0 Å². The zero-order chi connectivity index (χ0) is 14.4. The molecule has 3 heteroatoms. The SMILES string of the molecule is CN(C[C@@H](Cl)c1ccccc1)C[C@@H](Cl)c1ccccc1. The van der Waals surface area contributed by atoms with Crippen LogP contribution < -0.4 is 0 Å². The third kappa shape index (κ3) is 4.52. The number of rotatable bonds is 6. The quantitative estimate of drug-likeness (QED) is 0.688. The van der Waals surface area contributed by atoms with Gasteiger partial charge in [-0.1, -0.05) is 60.7 Å². The summed E-state index contributed by atoms with van der Waals surface area (Å²) in [6.45, 7) is 1.56. The van der Waals surface area contributed by atoms with Crippen molar-refractivity contribution < 1.29 is 0 Å². The van der Waals surface area contributed by atoms with Crippen molar-refractivity contribution in [3.05, 3.63) is 71.8 Å². The maximum atomic E-state index is 6.45. The van der Waals surface area contributed by atoms with Gasteiger partial charge in [0.1, 0.15) is 0 Å². The molecular formula is C17H19Cl2N. The van der Waals surface area contributed by atoms with Gasteiger partial charge in [-0.05, 0) is 18.2 Å². The topological polar surface area (TPSA) is 3.24 Å². The van der Waals surface area contributed by atoms with Gasteiger partial charge in [0.25, 0.3) is 0 Å². The smallest absolute Gasteiger partial charge is 0.0712 e. The molecule has 0 saturated heterocycles. The zero-order valence-electron chi connectivity index (χ0n) is 11.5. The molecule has 0 heterocycles. The monoisotopic (exact) mass is 307 g/mol. The van der Waals surface area contributed by atoms with Crippen LogP contribution in [0.2, 0.25) is 0 Å². The number of likely N-dealkylation sites (N-methyl/N-ethyl adjacent to an activating group) is 1. The molecule has 0 aliphatic rings. The molecule has 0 N–H and O–H groups in total. The first-order chi connectivity index (χ1) is 9.66. The molecule has 0 aliphatic carbocycles. The Morgan fingerprint density at radius 3 is 1.45 bits per heavy atom. The Kier molecular flexibility index (Phi) is 5.90. The lowest BCUT2D eigenvalue weighted by Crippen LogP contribution is -2.26. The van der Waals surface area contributed by atoms with E-state index in [0.29, 0.717) is 0 Å². The number of halogens is 2. The first-order valence-electron chi connectivity index (χ1n) is 6.73. The second-order valence-corrected chi connectivity index (χ2v) is 6.03. The average Bonchev–Trinajstić information content (AvgIpc) is 2.49. The predicted molar refractivity (Wildman–Crippen MR) is 87.6 cm³/mol. The number of benzene rings is 2. The first-order valence-corrected chi connectivity index (χ1v) is 7.60. The van der Waals surface area contributed by atoms with Crippen LogP contribution in [0.1, 0.15) is 21.9 Å². The Hall–Kier alpha value is -1.02. The molecule has 2 aromatic carbocycles. The van der Waals surface area contributed by atoms with Crippen molar-refractivity contribution in [1.82, 2.24) is 4.90 Å². The van der Waals surface area contributed by atoms with Crippen molar-refractivity contribution in [2.24, 2.45) is 0 Å². The van der Waals surface area contributed by atoms with Crippen molar-refractivity contribution >= 4 is 23.2 Å². The summed E-state index contributed by atoms with van der Waals surface area (Å²) in [6.07, 6.45) is 0. The fourth-order valence-corrected chi connectivity index (χ4v) is 2.92. The van der Waals surface area contributed by atoms with Crippen LogP contribution in [0.25, 0.3) is 0 Å². The summed E-state index contributed by atoms with van der Waals surface area (Å²) >= 11 is 12.9. The van der Waals surface area contributed by atoms with Crippen LogP contribution in [0.3, 0.4) is 0 Å². The van der Waals surface area contributed by atoms with Crippen LogP contribution in [0.4, 0.5) is 0 Å². The molecule has 0 amide bonds. The maximum Gasteiger partial charge on any atom is 0.0712 e. The van der Waals surface area contributed by atoms with Crippen LogP contribution >= 0.6 is 23.2 Å². The van der Waals surface area contributed by atoms with Gasteiger partial charge in [0.15, 0.2) is 0 Å². The molecule has 1 nitrogen and oxygen atoms in total. The van der Waals surface area contributed by atoms with E-state index in [9.17, 15) is 0 Å². The zero-order valence-corrected chi connectivity index (χ0v) is 13.1. The number of nitrogens with zero attached hydrogens (tertiary/aromatic N) is 1. The molecule has 0 aromatic heterocycles. The lowest BCUT2D eigenvalue weighted by molar-refractivity contribution is 0.334. The minimum Gasteiger partial charge on any atom is -0.303 e. The summed E-state index contributed by atoms with van der Waals surface area (Å²) in [4.78, 5) is 2.18. The molecule has 0 radical (unpaired) electrons. The van der Waals surface area contributed by atoms with E-state index in [1.165, 1.54) is 0 Å². The molecule has 20 heavy (non-hydrogen) atoms. The molecule has 106 valence electrons. The van der Waals surface area contributed by atoms with E-state index in [1.54, 1.807) is 0 Å². The van der Waals surface area contributed by atoms with Crippen molar-refractivity contribution in [1.29, 1.82) is 0 Å². The van der Waals surface area contributed by atoms with Gasteiger partial charge in [0, 0.05) is 13.1 Å². The van der Waals surface area contributed by atoms with E-state index in [-0.39, 0.29) is 10.8 Å². The second-order valence-electron chi connectivity index (χ2n) is 4.98. The minimum atomic E-state index is -0.0131. The summed E-state index contributed by atoms with van der Waals surface area (Å²) in [6, 6.07) is 20.3. The van der Waals surface area contributed by atoms with Crippen LogP contribution in [0.5, 0.6) is 0 Å². The van der Waals surface area contributed by atoms with Crippen molar-refractivity contribution in [3.8, 4) is 0 Å². The third-order valence-electron chi connectivity index (χ3n) is 3.27. The highest BCUT2D eigenvalue weighted by molar-refractivity contribution is 6.21. The van der Waals surface area contributed by atoms with Gasteiger partial charge in [-0.3, -0.25) is 0 Å². The van der Waals surface area contributed by atoms with Gasteiger partial charge in [0.05, 0.1) is 10.8 Å². The molecular weight excluding hydrogens is 289 g/mol. The van der Waals surface area contributed by atoms with Crippen LogP contribution in [0.15, 0.2) is 60.7 Å². The van der Waals surface area contributed by atoms with Gasteiger partial charge in [0.2, 0.25) is 0 Å². The first kappa shape index (κ1) is 15.4. The molecule has 0 aliphatic heterocycles. The molecule has 2 aromatic rings. The van der Waals surface area contributed by atoms with E-state index >= 15 is 0 Å². The van der Waals surface area contributed by atoms with Crippen molar-refractivity contribution in [2.75, 3.05) is 20.1 Å². The summed E-state index contributed by atoms with van der Waals surface area (Å²) in [7, 11) is 2.05. The average molecular weight is 308 g/mol. The summed E-state index contributed by atoms with van der Waals surface area (Å²) < 4.78 is 0. The van der Waals surface area contributed by atoms with Gasteiger partial charge in [-0.2, -0.15) is 0 Å². The van der Waals surface area contributed by atoms with E-state index in [2.05, 4.69) is 36.2 Å². The molecule has 0 bridgehead atoms. The Balaban J connectivity index is 1.88. The second kappa shape index (κ2) is 7.68. The number of alkyl halides is 2. The Bertz CT molecular complexity index is 453. The van der Waals surface area contributed by atoms with Gasteiger partial charge in [-0.25, -0.2) is 0 Å². The third-order valence-corrected chi connectivity index (χ3v) is 4.05. The molecule has 0 fully saturated rings. The van der Waals surface area contributed by atoms with Crippen molar-refractivity contribution in [2.45, 2.75) is 10.8 Å². The number of hydrogen-bond acceptors (Lipinski definition) is 1. The highest BCUT2D eigenvalue weighted by Crippen LogP contribution is 2.24. The lowest BCUT2D eigenvalue weighted by Gasteiger charge is -2.23. The Morgan fingerprint density at radius 2 is 1.10 bits per heavy atom.